The molecule has 0 saturated carbocycles. The number of Topliss-reactive ketones (excluding diaryl/α,β-unsaturated/α-hetero) is 1. The van der Waals surface area contributed by atoms with Gasteiger partial charge in [0, 0.05) is 38.8 Å². The molecule has 4 heteroatoms. The minimum atomic E-state index is 0.135. The fourth-order valence-electron chi connectivity index (χ4n) is 1.88. The smallest absolute Gasteiger partial charge is 0.180 e. The van der Waals surface area contributed by atoms with Crippen LogP contribution in [0.5, 0.6) is 0 Å². The van der Waals surface area contributed by atoms with Crippen molar-refractivity contribution in [1.82, 2.24) is 9.47 Å². The molecule has 1 heterocycles. The van der Waals surface area contributed by atoms with Crippen LogP contribution in [-0.2, 0) is 7.05 Å². The summed E-state index contributed by atoms with van der Waals surface area (Å²) in [6.45, 7) is 5.60. The molecule has 0 aliphatic carbocycles. The first-order valence-electron chi connectivity index (χ1n) is 6.05. The monoisotopic (exact) mass is 238 g/mol. The van der Waals surface area contributed by atoms with Gasteiger partial charge in [0.2, 0.25) is 0 Å². The van der Waals surface area contributed by atoms with E-state index in [2.05, 4.69) is 18.7 Å². The zero-order valence-corrected chi connectivity index (χ0v) is 10.9. The largest absolute Gasteiger partial charge is 0.395 e. The third-order valence-corrected chi connectivity index (χ3v) is 2.97. The van der Waals surface area contributed by atoms with E-state index < -0.39 is 0 Å². The molecule has 0 aromatic carbocycles. The third-order valence-electron chi connectivity index (χ3n) is 2.97. The van der Waals surface area contributed by atoms with Crippen molar-refractivity contribution >= 4 is 5.78 Å². The lowest BCUT2D eigenvalue weighted by Crippen LogP contribution is -2.35. The highest BCUT2D eigenvalue weighted by Gasteiger charge is 2.13. The first-order valence-corrected chi connectivity index (χ1v) is 6.05. The number of ketones is 1. The second-order valence-corrected chi connectivity index (χ2v) is 4.53. The molecule has 0 aliphatic heterocycles. The molecule has 0 unspecified atom stereocenters. The Morgan fingerprint density at radius 2 is 2.18 bits per heavy atom. The van der Waals surface area contributed by atoms with Crippen molar-refractivity contribution in [2.45, 2.75) is 26.3 Å². The maximum atomic E-state index is 11.9. The Bertz CT molecular complexity index is 358. The van der Waals surface area contributed by atoms with Gasteiger partial charge in [-0.05, 0) is 26.0 Å². The number of aryl methyl sites for hydroxylation is 1. The molecule has 0 radical (unpaired) electrons. The van der Waals surface area contributed by atoms with Crippen LogP contribution in [0.25, 0.3) is 0 Å². The number of carbonyl (C=O) groups is 1. The minimum Gasteiger partial charge on any atom is -0.395 e. The molecule has 1 rings (SSSR count). The summed E-state index contributed by atoms with van der Waals surface area (Å²) in [6.07, 6.45) is 2.37. The molecule has 4 nitrogen and oxygen atoms in total. The molecule has 96 valence electrons. The summed E-state index contributed by atoms with van der Waals surface area (Å²) >= 11 is 0. The summed E-state index contributed by atoms with van der Waals surface area (Å²) in [5.41, 5.74) is 0.748. The number of nitrogens with zero attached hydrogens (tertiary/aromatic N) is 2. The van der Waals surface area contributed by atoms with Crippen LogP contribution in [0.2, 0.25) is 0 Å². The fourth-order valence-corrected chi connectivity index (χ4v) is 1.88. The molecule has 1 N–H and O–H groups in total. The van der Waals surface area contributed by atoms with Crippen LogP contribution in [0, 0.1) is 0 Å². The van der Waals surface area contributed by atoms with Crippen LogP contribution >= 0.6 is 0 Å². The average Bonchev–Trinajstić information content (AvgIpc) is 2.69. The highest BCUT2D eigenvalue weighted by molar-refractivity contribution is 5.94. The predicted molar refractivity (Wildman–Crippen MR) is 68.2 cm³/mol. The topological polar surface area (TPSA) is 45.5 Å². The predicted octanol–water partition coefficient (Wildman–Crippen LogP) is 1.30. The lowest BCUT2D eigenvalue weighted by molar-refractivity contribution is 0.0936. The zero-order chi connectivity index (χ0) is 12.8. The Labute approximate surface area is 103 Å². The van der Waals surface area contributed by atoms with Gasteiger partial charge in [-0.1, -0.05) is 0 Å². The molecule has 0 fully saturated rings. The Morgan fingerprint density at radius 3 is 2.65 bits per heavy atom. The van der Waals surface area contributed by atoms with Gasteiger partial charge in [0.1, 0.15) is 0 Å². The summed E-state index contributed by atoms with van der Waals surface area (Å²) in [7, 11) is 1.88. The van der Waals surface area contributed by atoms with Gasteiger partial charge in [0.25, 0.3) is 0 Å². The van der Waals surface area contributed by atoms with E-state index in [0.717, 1.165) is 5.69 Å². The van der Waals surface area contributed by atoms with E-state index in [1.807, 2.05) is 29.9 Å². The normalized spacial score (nSPS) is 11.4. The summed E-state index contributed by atoms with van der Waals surface area (Å²) in [5.74, 6) is 0.154. The Balaban J connectivity index is 2.49. The lowest BCUT2D eigenvalue weighted by atomic mass is 10.2. The molecule has 0 aliphatic rings. The van der Waals surface area contributed by atoms with Gasteiger partial charge in [0.05, 0.1) is 12.3 Å². The molecule has 0 spiro atoms. The van der Waals surface area contributed by atoms with Gasteiger partial charge in [-0.15, -0.1) is 0 Å². The first-order chi connectivity index (χ1) is 8.06. The summed E-state index contributed by atoms with van der Waals surface area (Å²) in [6, 6.07) is 4.07. The number of aromatic nitrogens is 1. The second kappa shape index (κ2) is 6.57. The maximum absolute atomic E-state index is 11.9. The van der Waals surface area contributed by atoms with Crippen LogP contribution < -0.4 is 0 Å². The second-order valence-electron chi connectivity index (χ2n) is 4.53. The molecule has 1 aromatic rings. The van der Waals surface area contributed by atoms with Crippen molar-refractivity contribution in [3.05, 3.63) is 24.0 Å². The fraction of sp³-hybridized carbons (Fsp3) is 0.615. The van der Waals surface area contributed by atoms with E-state index in [1.165, 1.54) is 0 Å². The van der Waals surface area contributed by atoms with E-state index in [4.69, 9.17) is 5.11 Å². The van der Waals surface area contributed by atoms with Crippen molar-refractivity contribution in [3.63, 3.8) is 0 Å². The van der Waals surface area contributed by atoms with E-state index in [9.17, 15) is 4.79 Å². The molecule has 17 heavy (non-hydrogen) atoms. The van der Waals surface area contributed by atoms with Crippen molar-refractivity contribution in [2.24, 2.45) is 7.05 Å². The standard InChI is InChI=1S/C13H22N2O2/c1-11(2)15(9-10-16)8-6-13(17)12-5-4-7-14(12)3/h4-5,7,11,16H,6,8-10H2,1-3H3. The van der Waals surface area contributed by atoms with Gasteiger partial charge in [-0.3, -0.25) is 9.69 Å². The van der Waals surface area contributed by atoms with Crippen LogP contribution in [0.4, 0.5) is 0 Å². The van der Waals surface area contributed by atoms with Gasteiger partial charge in [-0.25, -0.2) is 0 Å². The summed E-state index contributed by atoms with van der Waals surface area (Å²) in [5, 5.41) is 8.95. The van der Waals surface area contributed by atoms with E-state index in [1.54, 1.807) is 0 Å². The highest BCUT2D eigenvalue weighted by Crippen LogP contribution is 2.06. The number of aliphatic hydroxyl groups excluding tert-OH is 1. The number of carbonyl (C=O) groups excluding carboxylic acids is 1. The zero-order valence-electron chi connectivity index (χ0n) is 10.9. The number of hydrogen-bond donors (Lipinski definition) is 1. The molecule has 0 saturated heterocycles. The third kappa shape index (κ3) is 3.98. The SMILES string of the molecule is CC(C)N(CCO)CCC(=O)c1cccn1C. The Morgan fingerprint density at radius 1 is 1.47 bits per heavy atom. The van der Waals surface area contributed by atoms with Gasteiger partial charge in [0.15, 0.2) is 5.78 Å². The van der Waals surface area contributed by atoms with Gasteiger partial charge in [-0.2, -0.15) is 0 Å². The quantitative estimate of drug-likeness (QED) is 0.728. The van der Waals surface area contributed by atoms with Crippen LogP contribution in [-0.4, -0.2) is 46.1 Å². The summed E-state index contributed by atoms with van der Waals surface area (Å²) in [4.78, 5) is 14.1. The molecule has 0 bridgehead atoms. The highest BCUT2D eigenvalue weighted by atomic mass is 16.3. The van der Waals surface area contributed by atoms with Gasteiger partial charge < -0.3 is 9.67 Å². The van der Waals surface area contributed by atoms with Gasteiger partial charge >= 0.3 is 0 Å². The molecule has 0 amide bonds. The molecule has 0 atom stereocenters. The Hall–Kier alpha value is -1.13. The number of aliphatic hydroxyl groups is 1. The van der Waals surface area contributed by atoms with Crippen molar-refractivity contribution in [3.8, 4) is 0 Å². The summed E-state index contributed by atoms with van der Waals surface area (Å²) < 4.78 is 1.84. The van der Waals surface area contributed by atoms with Crippen molar-refractivity contribution < 1.29 is 9.90 Å². The lowest BCUT2D eigenvalue weighted by Gasteiger charge is -2.25. The van der Waals surface area contributed by atoms with Crippen LogP contribution in [0.1, 0.15) is 30.8 Å². The van der Waals surface area contributed by atoms with Crippen LogP contribution in [0.15, 0.2) is 18.3 Å². The van der Waals surface area contributed by atoms with Crippen molar-refractivity contribution in [2.75, 3.05) is 19.7 Å². The molecular weight excluding hydrogens is 216 g/mol. The maximum Gasteiger partial charge on any atom is 0.180 e. The number of rotatable bonds is 7. The minimum absolute atomic E-state index is 0.135. The number of hydrogen-bond acceptors (Lipinski definition) is 3. The average molecular weight is 238 g/mol. The molecular formula is C13H22N2O2. The van der Waals surface area contributed by atoms with E-state index in [0.29, 0.717) is 25.6 Å². The molecule has 1 aromatic heterocycles. The van der Waals surface area contributed by atoms with Crippen LogP contribution in [0.3, 0.4) is 0 Å². The van der Waals surface area contributed by atoms with E-state index in [-0.39, 0.29) is 12.4 Å². The first kappa shape index (κ1) is 13.9. The van der Waals surface area contributed by atoms with Crippen molar-refractivity contribution in [1.29, 1.82) is 0 Å². The Kier molecular flexibility index (Phi) is 5.38. The van der Waals surface area contributed by atoms with E-state index >= 15 is 0 Å².